The van der Waals surface area contributed by atoms with Crippen LogP contribution >= 0.6 is 0 Å². The highest BCUT2D eigenvalue weighted by Crippen LogP contribution is 2.40. The Morgan fingerprint density at radius 2 is 1.46 bits per heavy atom. The average Bonchev–Trinajstić information content (AvgIpc) is 2.89. The van der Waals surface area contributed by atoms with E-state index >= 15 is 0 Å². The fourth-order valence-corrected chi connectivity index (χ4v) is 9.88. The van der Waals surface area contributed by atoms with E-state index in [0.29, 0.717) is 32.1 Å². The van der Waals surface area contributed by atoms with Crippen molar-refractivity contribution in [1.29, 1.82) is 0 Å². The summed E-state index contributed by atoms with van der Waals surface area (Å²) in [4.78, 5) is 12.3. The lowest BCUT2D eigenvalue weighted by Gasteiger charge is -2.44. The van der Waals surface area contributed by atoms with E-state index in [4.69, 9.17) is 15.0 Å². The number of carbonyl (C=O) groups excluding carboxylic acids is 1. The van der Waals surface area contributed by atoms with Gasteiger partial charge in [-0.3, -0.25) is 10.2 Å². The molecule has 0 bridgehead atoms. The highest BCUT2D eigenvalue weighted by molar-refractivity contribution is 6.99. The van der Waals surface area contributed by atoms with E-state index in [9.17, 15) is 18.0 Å². The van der Waals surface area contributed by atoms with E-state index in [1.807, 2.05) is 50.2 Å². The summed E-state index contributed by atoms with van der Waals surface area (Å²) >= 11 is 0. The standard InChI is InChI=1S/C30H45F3N2O3Si/c1-6-7-23-37-29(27(36)35-34,30(31,32)33)22-16-10-11-17-24(2)38-39(28(3,4)5,25-18-12-8-13-19-25)26-20-14-9-15-21-26/h8-9,12-15,18-21,24H,6-7,10-11,16-17,22-23,34H2,1-5H3,(H,35,36)/t24-,29-/m1/s1. The first-order chi connectivity index (χ1) is 18.4. The zero-order chi connectivity index (χ0) is 29.2. The van der Waals surface area contributed by atoms with Crippen LogP contribution in [0.2, 0.25) is 5.04 Å². The van der Waals surface area contributed by atoms with E-state index in [0.717, 1.165) is 0 Å². The summed E-state index contributed by atoms with van der Waals surface area (Å²) in [5.41, 5.74) is -1.27. The number of ether oxygens (including phenoxy) is 1. The molecule has 0 unspecified atom stereocenters. The Kier molecular flexibility index (Phi) is 12.2. The van der Waals surface area contributed by atoms with Crippen molar-refractivity contribution in [3.63, 3.8) is 0 Å². The van der Waals surface area contributed by atoms with Gasteiger partial charge < -0.3 is 9.16 Å². The molecular weight excluding hydrogens is 521 g/mol. The lowest BCUT2D eigenvalue weighted by Crippen LogP contribution is -2.67. The summed E-state index contributed by atoms with van der Waals surface area (Å²) in [7, 11) is -2.71. The lowest BCUT2D eigenvalue weighted by atomic mass is 9.93. The molecule has 0 saturated heterocycles. The Morgan fingerprint density at radius 1 is 0.923 bits per heavy atom. The molecule has 39 heavy (non-hydrogen) atoms. The lowest BCUT2D eigenvalue weighted by molar-refractivity contribution is -0.270. The second kappa shape index (κ2) is 14.4. The molecule has 0 aliphatic carbocycles. The SMILES string of the molecule is CCCCO[C@](CCCCC[C@@H](C)O[Si](c1ccccc1)(c1ccccc1)C(C)(C)C)(C(=O)NN)C(F)(F)F. The van der Waals surface area contributed by atoms with Gasteiger partial charge in [0.05, 0.1) is 0 Å². The van der Waals surface area contributed by atoms with Gasteiger partial charge in [0.1, 0.15) is 0 Å². The van der Waals surface area contributed by atoms with Crippen LogP contribution in [0.5, 0.6) is 0 Å². The monoisotopic (exact) mass is 566 g/mol. The van der Waals surface area contributed by atoms with Crippen LogP contribution in [0.3, 0.4) is 0 Å². The van der Waals surface area contributed by atoms with Crippen molar-refractivity contribution in [3.8, 4) is 0 Å². The van der Waals surface area contributed by atoms with Crippen molar-refractivity contribution in [3.05, 3.63) is 60.7 Å². The number of unbranched alkanes of at least 4 members (excludes halogenated alkanes) is 3. The zero-order valence-electron chi connectivity index (χ0n) is 23.9. The molecule has 2 rings (SSSR count). The van der Waals surface area contributed by atoms with Gasteiger partial charge in [0.2, 0.25) is 5.60 Å². The second-order valence-electron chi connectivity index (χ2n) is 11.2. The average molecular weight is 567 g/mol. The van der Waals surface area contributed by atoms with Gasteiger partial charge in [-0.25, -0.2) is 5.84 Å². The molecule has 0 heterocycles. The molecule has 1 amide bonds. The minimum absolute atomic E-state index is 0.114. The number of alkyl halides is 3. The molecule has 2 atom stereocenters. The number of carbonyl (C=O) groups is 1. The quantitative estimate of drug-likeness (QED) is 0.0911. The minimum Gasteiger partial charge on any atom is -0.405 e. The molecule has 2 aromatic rings. The van der Waals surface area contributed by atoms with Crippen molar-refractivity contribution < 1.29 is 27.1 Å². The van der Waals surface area contributed by atoms with E-state index in [-0.39, 0.29) is 24.2 Å². The Balaban J connectivity index is 2.15. The number of hydrogen-bond acceptors (Lipinski definition) is 4. The predicted molar refractivity (Wildman–Crippen MR) is 153 cm³/mol. The highest BCUT2D eigenvalue weighted by atomic mass is 28.4. The van der Waals surface area contributed by atoms with Gasteiger partial charge in [-0.15, -0.1) is 0 Å². The molecular formula is C30H45F3N2O3Si. The first-order valence-electron chi connectivity index (χ1n) is 13.9. The van der Waals surface area contributed by atoms with Crippen LogP contribution in [-0.2, 0) is 14.0 Å². The van der Waals surface area contributed by atoms with Crippen LogP contribution in [0.4, 0.5) is 13.2 Å². The zero-order valence-corrected chi connectivity index (χ0v) is 24.9. The normalized spacial score (nSPS) is 15.0. The molecule has 0 aliphatic rings. The molecule has 5 nitrogen and oxygen atoms in total. The number of hydrogen-bond donors (Lipinski definition) is 2. The van der Waals surface area contributed by atoms with Gasteiger partial charge in [-0.1, -0.05) is 108 Å². The van der Waals surface area contributed by atoms with E-state index in [1.165, 1.54) is 10.4 Å². The van der Waals surface area contributed by atoms with Crippen molar-refractivity contribution in [2.45, 2.75) is 102 Å². The third-order valence-electron chi connectivity index (χ3n) is 7.24. The van der Waals surface area contributed by atoms with E-state index in [1.54, 1.807) is 5.43 Å². The highest BCUT2D eigenvalue weighted by Gasteiger charge is 2.61. The summed E-state index contributed by atoms with van der Waals surface area (Å²) < 4.78 is 54.4. The molecule has 0 fully saturated rings. The number of rotatable bonds is 15. The fourth-order valence-electron chi connectivity index (χ4n) is 5.15. The molecule has 0 aliphatic heterocycles. The fraction of sp³-hybridized carbons (Fsp3) is 0.567. The van der Waals surface area contributed by atoms with Gasteiger partial charge in [0, 0.05) is 12.7 Å². The van der Waals surface area contributed by atoms with Crippen molar-refractivity contribution >= 4 is 24.6 Å². The first kappa shape index (κ1) is 33.0. The predicted octanol–water partition coefficient (Wildman–Crippen LogP) is 6.01. The molecule has 0 spiro atoms. The smallest absolute Gasteiger partial charge is 0.405 e. The molecule has 0 aromatic heterocycles. The van der Waals surface area contributed by atoms with E-state index in [2.05, 4.69) is 45.0 Å². The van der Waals surface area contributed by atoms with Gasteiger partial charge in [0.15, 0.2) is 0 Å². The summed E-state index contributed by atoms with van der Waals surface area (Å²) in [6, 6.07) is 20.7. The summed E-state index contributed by atoms with van der Waals surface area (Å²) in [5, 5.41) is 2.20. The van der Waals surface area contributed by atoms with E-state index < -0.39 is 32.4 Å². The van der Waals surface area contributed by atoms with Crippen LogP contribution in [0.15, 0.2) is 60.7 Å². The van der Waals surface area contributed by atoms with Crippen LogP contribution in [-0.4, -0.2) is 38.7 Å². The van der Waals surface area contributed by atoms with Crippen LogP contribution in [0.1, 0.15) is 79.6 Å². The molecule has 0 radical (unpaired) electrons. The molecule has 9 heteroatoms. The van der Waals surface area contributed by atoms with Crippen molar-refractivity contribution in [1.82, 2.24) is 5.43 Å². The number of halogens is 3. The Labute approximate surface area is 232 Å². The van der Waals surface area contributed by atoms with Crippen LogP contribution < -0.4 is 21.6 Å². The topological polar surface area (TPSA) is 73.6 Å². The van der Waals surface area contributed by atoms with Gasteiger partial charge in [0.25, 0.3) is 14.2 Å². The van der Waals surface area contributed by atoms with Crippen molar-refractivity contribution in [2.75, 3.05) is 6.61 Å². The van der Waals surface area contributed by atoms with Crippen LogP contribution in [0.25, 0.3) is 0 Å². The molecule has 0 saturated carbocycles. The Bertz CT molecular complexity index is 961. The number of nitrogens with two attached hydrogens (primary N) is 1. The number of hydrazine groups is 1. The maximum atomic E-state index is 14.0. The number of nitrogens with one attached hydrogen (secondary N) is 1. The summed E-state index contributed by atoms with van der Waals surface area (Å²) in [5.74, 6) is 3.77. The number of benzene rings is 2. The third kappa shape index (κ3) is 7.93. The first-order valence-corrected chi connectivity index (χ1v) is 15.8. The minimum atomic E-state index is -4.87. The van der Waals surface area contributed by atoms with Gasteiger partial charge >= 0.3 is 6.18 Å². The van der Waals surface area contributed by atoms with Gasteiger partial charge in [-0.05, 0) is 48.0 Å². The Morgan fingerprint density at radius 3 is 1.90 bits per heavy atom. The summed E-state index contributed by atoms with van der Waals surface area (Å²) in [6.07, 6.45) is -2.37. The largest absolute Gasteiger partial charge is 0.426 e. The maximum absolute atomic E-state index is 14.0. The molecule has 3 N–H and O–H groups in total. The molecule has 2 aromatic carbocycles. The molecule has 218 valence electrons. The summed E-state index contributed by atoms with van der Waals surface area (Å²) in [6.45, 7) is 10.4. The third-order valence-corrected chi connectivity index (χ3v) is 12.4. The Hall–Kier alpha value is -2.20. The van der Waals surface area contributed by atoms with Gasteiger partial charge in [-0.2, -0.15) is 13.2 Å². The maximum Gasteiger partial charge on any atom is 0.426 e. The van der Waals surface area contributed by atoms with Crippen molar-refractivity contribution in [2.24, 2.45) is 5.84 Å². The number of amides is 1. The van der Waals surface area contributed by atoms with Crippen LogP contribution in [0, 0.1) is 0 Å². The second-order valence-corrected chi connectivity index (χ2v) is 15.4.